The summed E-state index contributed by atoms with van der Waals surface area (Å²) in [6.07, 6.45) is 1.70. The molecule has 0 saturated carbocycles. The van der Waals surface area contributed by atoms with Crippen LogP contribution < -0.4 is 0 Å². The predicted octanol–water partition coefficient (Wildman–Crippen LogP) is 3.53. The zero-order valence-corrected chi connectivity index (χ0v) is 19.3. The van der Waals surface area contributed by atoms with Crippen molar-refractivity contribution in [2.45, 2.75) is 6.54 Å². The van der Waals surface area contributed by atoms with Crippen molar-refractivity contribution in [2.24, 2.45) is 0 Å². The summed E-state index contributed by atoms with van der Waals surface area (Å²) in [7, 11) is -1.05. The van der Waals surface area contributed by atoms with E-state index in [4.69, 9.17) is 11.6 Å². The summed E-state index contributed by atoms with van der Waals surface area (Å²) >= 11 is 6.00. The van der Waals surface area contributed by atoms with Gasteiger partial charge < -0.3 is 5.11 Å². The Kier molecular flexibility index (Phi) is 6.10. The lowest BCUT2D eigenvalue weighted by atomic mass is 9.99. The summed E-state index contributed by atoms with van der Waals surface area (Å²) in [4.78, 5) is 12.0. The summed E-state index contributed by atoms with van der Waals surface area (Å²) in [5, 5.41) is 14.6. The zero-order chi connectivity index (χ0) is 23.9. The Morgan fingerprint density at radius 2 is 1.76 bits per heavy atom. The van der Waals surface area contributed by atoms with E-state index in [0.717, 1.165) is 4.31 Å². The Balaban J connectivity index is 1.97. The van der Waals surface area contributed by atoms with Crippen molar-refractivity contribution >= 4 is 39.4 Å². The van der Waals surface area contributed by atoms with Crippen LogP contribution in [0.1, 0.15) is 27.3 Å². The van der Waals surface area contributed by atoms with Crippen LogP contribution in [0.4, 0.5) is 4.39 Å². The molecule has 1 aliphatic heterocycles. The van der Waals surface area contributed by atoms with E-state index >= 15 is 0 Å². The molecule has 1 N–H and O–H groups in total. The highest BCUT2D eigenvalue weighted by Crippen LogP contribution is 2.35. The van der Waals surface area contributed by atoms with E-state index in [1.165, 1.54) is 35.2 Å². The van der Waals surface area contributed by atoms with Gasteiger partial charge in [-0.2, -0.15) is 22.1 Å². The minimum Gasteiger partial charge on any atom is -0.476 e. The number of aromatic carboxylic acids is 1. The van der Waals surface area contributed by atoms with Crippen LogP contribution in [0.5, 0.6) is 0 Å². The predicted molar refractivity (Wildman–Crippen MR) is 123 cm³/mol. The molecular formula is C22H20ClFN4O4S. The van der Waals surface area contributed by atoms with Crippen molar-refractivity contribution in [3.63, 3.8) is 0 Å². The highest BCUT2D eigenvalue weighted by atomic mass is 35.5. The molecule has 0 atom stereocenters. The minimum atomic E-state index is -3.86. The van der Waals surface area contributed by atoms with Crippen LogP contribution in [0, 0.1) is 5.82 Å². The lowest BCUT2D eigenvalue weighted by Crippen LogP contribution is -2.42. The second kappa shape index (κ2) is 8.71. The van der Waals surface area contributed by atoms with Crippen molar-refractivity contribution < 1.29 is 22.7 Å². The number of carbonyl (C=O) groups is 1. The standard InChI is InChI=1S/C22H20ClFN4O4S/c1-26(2)33(31,32)27-12-15(11-14-3-7-17(24)8-4-14)21-19(13-27)20(22(29)30)25-28(21)18-9-5-16(23)6-10-18/h3-11H,12-13H2,1-2H3,(H,29,30). The summed E-state index contributed by atoms with van der Waals surface area (Å²) < 4.78 is 43.0. The van der Waals surface area contributed by atoms with E-state index in [0.29, 0.717) is 27.5 Å². The molecule has 1 aliphatic rings. The van der Waals surface area contributed by atoms with Crippen LogP contribution in [-0.2, 0) is 16.8 Å². The molecule has 3 aromatic rings. The molecule has 2 heterocycles. The number of carboxylic acids is 1. The molecule has 0 fully saturated rings. The van der Waals surface area contributed by atoms with Gasteiger partial charge in [-0.15, -0.1) is 0 Å². The summed E-state index contributed by atoms with van der Waals surface area (Å²) in [6, 6.07) is 12.4. The second-order valence-electron chi connectivity index (χ2n) is 7.65. The van der Waals surface area contributed by atoms with E-state index in [-0.39, 0.29) is 24.3 Å². The van der Waals surface area contributed by atoms with Gasteiger partial charge in [0.15, 0.2) is 5.69 Å². The van der Waals surface area contributed by atoms with Gasteiger partial charge in [0.1, 0.15) is 5.82 Å². The maximum atomic E-state index is 13.4. The van der Waals surface area contributed by atoms with Crippen LogP contribution in [0.15, 0.2) is 48.5 Å². The maximum Gasteiger partial charge on any atom is 0.356 e. The fraction of sp³-hybridized carbons (Fsp3) is 0.182. The van der Waals surface area contributed by atoms with E-state index < -0.39 is 22.0 Å². The third-order valence-electron chi connectivity index (χ3n) is 5.24. The minimum absolute atomic E-state index is 0.0246. The fourth-order valence-electron chi connectivity index (χ4n) is 3.64. The quantitative estimate of drug-likeness (QED) is 0.590. The molecule has 0 saturated heterocycles. The van der Waals surface area contributed by atoms with Crippen molar-refractivity contribution in [3.05, 3.63) is 81.9 Å². The Morgan fingerprint density at radius 1 is 1.12 bits per heavy atom. The lowest BCUT2D eigenvalue weighted by Gasteiger charge is -2.31. The molecule has 172 valence electrons. The number of carboxylic acid groups (broad SMARTS) is 1. The van der Waals surface area contributed by atoms with E-state index in [2.05, 4.69) is 5.10 Å². The average Bonchev–Trinajstić information content (AvgIpc) is 3.16. The smallest absolute Gasteiger partial charge is 0.356 e. The molecule has 1 aromatic heterocycles. The Hall–Kier alpha value is -3.05. The van der Waals surface area contributed by atoms with Crippen LogP contribution in [0.3, 0.4) is 0 Å². The molecule has 11 heteroatoms. The first-order valence-electron chi connectivity index (χ1n) is 9.83. The highest BCUT2D eigenvalue weighted by molar-refractivity contribution is 7.86. The topological polar surface area (TPSA) is 95.7 Å². The SMILES string of the molecule is CN(C)S(=O)(=O)N1CC(=Cc2ccc(F)cc2)c2c(c(C(=O)O)nn2-c2ccc(Cl)cc2)C1. The molecule has 0 aliphatic carbocycles. The molecule has 8 nitrogen and oxygen atoms in total. The largest absolute Gasteiger partial charge is 0.476 e. The molecule has 0 unspecified atom stereocenters. The van der Waals surface area contributed by atoms with E-state index in [1.54, 1.807) is 42.5 Å². The first-order chi connectivity index (χ1) is 15.6. The lowest BCUT2D eigenvalue weighted by molar-refractivity contribution is 0.0688. The van der Waals surface area contributed by atoms with Crippen molar-refractivity contribution in [2.75, 3.05) is 20.6 Å². The fourth-order valence-corrected chi connectivity index (χ4v) is 4.82. The summed E-state index contributed by atoms with van der Waals surface area (Å²) in [5.74, 6) is -1.68. The van der Waals surface area contributed by atoms with Crippen molar-refractivity contribution in [1.82, 2.24) is 18.4 Å². The van der Waals surface area contributed by atoms with Crippen molar-refractivity contribution in [1.29, 1.82) is 0 Å². The molecule has 33 heavy (non-hydrogen) atoms. The number of fused-ring (bicyclic) bond motifs is 1. The van der Waals surface area contributed by atoms with Gasteiger partial charge in [0, 0.05) is 37.8 Å². The molecule has 0 radical (unpaired) electrons. The third-order valence-corrected chi connectivity index (χ3v) is 7.33. The normalized spacial score (nSPS) is 15.7. The van der Waals surface area contributed by atoms with Gasteiger partial charge in [0.2, 0.25) is 0 Å². The monoisotopic (exact) mass is 490 g/mol. The van der Waals surface area contributed by atoms with Gasteiger partial charge in [-0.1, -0.05) is 23.7 Å². The molecule has 0 amide bonds. The number of aromatic nitrogens is 2. The maximum absolute atomic E-state index is 13.4. The van der Waals surface area contributed by atoms with Gasteiger partial charge in [0.25, 0.3) is 10.2 Å². The number of halogens is 2. The summed E-state index contributed by atoms with van der Waals surface area (Å²) in [5.41, 5.74) is 2.21. The average molecular weight is 491 g/mol. The Bertz CT molecular complexity index is 1350. The zero-order valence-electron chi connectivity index (χ0n) is 17.7. The highest BCUT2D eigenvalue weighted by Gasteiger charge is 2.37. The number of hydrogen-bond acceptors (Lipinski definition) is 4. The molecule has 2 aromatic carbocycles. The number of rotatable bonds is 5. The van der Waals surface area contributed by atoms with Gasteiger partial charge in [-0.3, -0.25) is 0 Å². The number of hydrogen-bond donors (Lipinski definition) is 1. The van der Waals surface area contributed by atoms with E-state index in [1.807, 2.05) is 0 Å². The molecular weight excluding hydrogens is 471 g/mol. The molecule has 0 bridgehead atoms. The van der Waals surface area contributed by atoms with Gasteiger partial charge in [-0.25, -0.2) is 13.9 Å². The van der Waals surface area contributed by atoms with Crippen LogP contribution in [-0.4, -0.2) is 58.5 Å². The van der Waals surface area contributed by atoms with Crippen LogP contribution in [0.25, 0.3) is 17.3 Å². The first kappa shape index (κ1) is 23.1. The molecule has 0 spiro atoms. The third kappa shape index (κ3) is 4.42. The van der Waals surface area contributed by atoms with Crippen LogP contribution in [0.2, 0.25) is 5.02 Å². The Morgan fingerprint density at radius 3 is 2.33 bits per heavy atom. The van der Waals surface area contributed by atoms with E-state index in [9.17, 15) is 22.7 Å². The number of benzene rings is 2. The summed E-state index contributed by atoms with van der Waals surface area (Å²) in [6.45, 7) is -0.185. The van der Waals surface area contributed by atoms with Gasteiger partial charge in [-0.05, 0) is 53.6 Å². The number of nitrogens with zero attached hydrogens (tertiary/aromatic N) is 4. The Labute approximate surface area is 195 Å². The second-order valence-corrected chi connectivity index (χ2v) is 10.2. The van der Waals surface area contributed by atoms with Crippen LogP contribution >= 0.6 is 11.6 Å². The van der Waals surface area contributed by atoms with Gasteiger partial charge >= 0.3 is 5.97 Å². The van der Waals surface area contributed by atoms with Gasteiger partial charge in [0.05, 0.1) is 11.4 Å². The van der Waals surface area contributed by atoms with Crippen molar-refractivity contribution in [3.8, 4) is 5.69 Å². The molecule has 4 rings (SSSR count). The first-order valence-corrected chi connectivity index (χ1v) is 11.6.